The molecule has 2 aromatic carbocycles. The van der Waals surface area contributed by atoms with Gasteiger partial charge in [-0.25, -0.2) is 0 Å². The van der Waals surface area contributed by atoms with Crippen LogP contribution in [0.5, 0.6) is 0 Å². The summed E-state index contributed by atoms with van der Waals surface area (Å²) in [5.41, 5.74) is 1.66. The van der Waals surface area contributed by atoms with Gasteiger partial charge in [-0.05, 0) is 31.2 Å². The SMILES string of the molecule is CN=C(NCc1nc(-c2cccc(Cl)c2)no1)NC(C)c1cc2ccccc2o1.I. The molecule has 0 bridgehead atoms. The Kier molecular flexibility index (Phi) is 7.33. The number of benzene rings is 2. The highest BCUT2D eigenvalue weighted by Crippen LogP contribution is 2.23. The van der Waals surface area contributed by atoms with Crippen LogP contribution in [-0.4, -0.2) is 23.1 Å². The van der Waals surface area contributed by atoms with Gasteiger partial charge in [-0.15, -0.1) is 24.0 Å². The Morgan fingerprint density at radius 3 is 2.77 bits per heavy atom. The monoisotopic (exact) mass is 537 g/mol. The van der Waals surface area contributed by atoms with E-state index in [-0.39, 0.29) is 30.0 Å². The second-order valence-corrected chi connectivity index (χ2v) is 6.94. The van der Waals surface area contributed by atoms with Crippen LogP contribution in [0.3, 0.4) is 0 Å². The minimum atomic E-state index is -0.0710. The zero-order valence-electron chi connectivity index (χ0n) is 16.4. The zero-order valence-corrected chi connectivity index (χ0v) is 19.5. The smallest absolute Gasteiger partial charge is 0.246 e. The molecule has 9 heteroatoms. The maximum absolute atomic E-state index is 6.02. The maximum atomic E-state index is 6.02. The molecule has 0 amide bonds. The van der Waals surface area contributed by atoms with Gasteiger partial charge in [0.1, 0.15) is 11.3 Å². The first-order valence-corrected chi connectivity index (χ1v) is 9.54. The van der Waals surface area contributed by atoms with Gasteiger partial charge in [-0.2, -0.15) is 4.98 Å². The van der Waals surface area contributed by atoms with Crippen molar-refractivity contribution in [3.8, 4) is 11.4 Å². The largest absolute Gasteiger partial charge is 0.459 e. The van der Waals surface area contributed by atoms with Crippen molar-refractivity contribution >= 4 is 52.5 Å². The van der Waals surface area contributed by atoms with Gasteiger partial charge in [-0.1, -0.05) is 47.1 Å². The standard InChI is InChI=1S/C21H20ClN5O2.HI/c1-13(18-11-14-6-3-4-9-17(14)28-18)25-21(23-2)24-12-19-26-20(27-29-19)15-7-5-8-16(22)10-15;/h3-11,13H,12H2,1-2H3,(H2,23,24,25);1H. The molecular weight excluding hydrogens is 517 g/mol. The third-order valence-corrected chi connectivity index (χ3v) is 4.64. The Morgan fingerprint density at radius 2 is 2.00 bits per heavy atom. The number of halogens is 2. The van der Waals surface area contributed by atoms with Gasteiger partial charge in [0, 0.05) is 23.0 Å². The van der Waals surface area contributed by atoms with Crippen LogP contribution >= 0.6 is 35.6 Å². The number of rotatable bonds is 5. The van der Waals surface area contributed by atoms with E-state index in [0.29, 0.717) is 29.2 Å². The van der Waals surface area contributed by atoms with E-state index in [1.807, 2.05) is 49.4 Å². The van der Waals surface area contributed by atoms with Crippen molar-refractivity contribution in [3.63, 3.8) is 0 Å². The number of fused-ring (bicyclic) bond motifs is 1. The maximum Gasteiger partial charge on any atom is 0.246 e. The van der Waals surface area contributed by atoms with Crippen LogP contribution in [0, 0.1) is 0 Å². The number of nitrogens with zero attached hydrogens (tertiary/aromatic N) is 3. The van der Waals surface area contributed by atoms with E-state index in [1.165, 1.54) is 0 Å². The molecule has 2 N–H and O–H groups in total. The first-order valence-electron chi connectivity index (χ1n) is 9.16. The summed E-state index contributed by atoms with van der Waals surface area (Å²) in [6.45, 7) is 2.34. The molecule has 2 aromatic heterocycles. The summed E-state index contributed by atoms with van der Waals surface area (Å²) < 4.78 is 11.2. The van der Waals surface area contributed by atoms with Crippen LogP contribution in [0.1, 0.15) is 24.6 Å². The Bertz CT molecular complexity index is 1120. The zero-order chi connectivity index (χ0) is 20.2. The third kappa shape index (κ3) is 5.11. The Hall–Kier alpha value is -2.59. The Morgan fingerprint density at radius 1 is 1.17 bits per heavy atom. The molecule has 1 atom stereocenters. The third-order valence-electron chi connectivity index (χ3n) is 4.41. The molecule has 4 aromatic rings. The van der Waals surface area contributed by atoms with E-state index in [1.54, 1.807) is 19.2 Å². The summed E-state index contributed by atoms with van der Waals surface area (Å²) in [5, 5.41) is 12.2. The molecule has 0 fully saturated rings. The second-order valence-electron chi connectivity index (χ2n) is 6.50. The van der Waals surface area contributed by atoms with E-state index in [4.69, 9.17) is 20.5 Å². The summed E-state index contributed by atoms with van der Waals surface area (Å²) in [6, 6.07) is 17.2. The number of furan rings is 1. The van der Waals surface area contributed by atoms with E-state index < -0.39 is 0 Å². The lowest BCUT2D eigenvalue weighted by Crippen LogP contribution is -2.38. The molecule has 0 aliphatic heterocycles. The molecule has 156 valence electrons. The molecule has 0 aliphatic carbocycles. The summed E-state index contributed by atoms with van der Waals surface area (Å²) in [4.78, 5) is 8.64. The highest BCUT2D eigenvalue weighted by Gasteiger charge is 2.14. The molecule has 0 radical (unpaired) electrons. The van der Waals surface area contributed by atoms with Gasteiger partial charge in [0.05, 0.1) is 12.6 Å². The normalized spacial score (nSPS) is 12.4. The fourth-order valence-corrected chi connectivity index (χ4v) is 3.11. The predicted octanol–water partition coefficient (Wildman–Crippen LogP) is 5.18. The summed E-state index contributed by atoms with van der Waals surface area (Å²) in [7, 11) is 1.70. The van der Waals surface area contributed by atoms with E-state index in [0.717, 1.165) is 22.3 Å². The molecular formula is C21H21ClIN5O2. The van der Waals surface area contributed by atoms with Crippen LogP contribution in [0.2, 0.25) is 5.02 Å². The molecule has 0 saturated carbocycles. The lowest BCUT2D eigenvalue weighted by Gasteiger charge is -2.15. The topological polar surface area (TPSA) is 88.5 Å². The predicted molar refractivity (Wildman–Crippen MR) is 128 cm³/mol. The number of hydrogen-bond acceptors (Lipinski definition) is 5. The minimum Gasteiger partial charge on any atom is -0.459 e. The minimum absolute atomic E-state index is 0. The van der Waals surface area contributed by atoms with Crippen molar-refractivity contribution in [3.05, 3.63) is 71.3 Å². The van der Waals surface area contributed by atoms with Gasteiger partial charge in [0.2, 0.25) is 11.7 Å². The fraction of sp³-hybridized carbons (Fsp3) is 0.190. The van der Waals surface area contributed by atoms with E-state index >= 15 is 0 Å². The van der Waals surface area contributed by atoms with Crippen LogP contribution in [-0.2, 0) is 6.54 Å². The van der Waals surface area contributed by atoms with Crippen molar-refractivity contribution in [1.82, 2.24) is 20.8 Å². The van der Waals surface area contributed by atoms with Gasteiger partial charge >= 0.3 is 0 Å². The van der Waals surface area contributed by atoms with Crippen LogP contribution < -0.4 is 10.6 Å². The second kappa shape index (κ2) is 9.94. The van der Waals surface area contributed by atoms with Crippen molar-refractivity contribution in [2.45, 2.75) is 19.5 Å². The molecule has 2 heterocycles. The Labute approximate surface area is 195 Å². The molecule has 0 spiro atoms. The molecule has 7 nitrogen and oxygen atoms in total. The lowest BCUT2D eigenvalue weighted by molar-refractivity contribution is 0.375. The number of para-hydroxylation sites is 1. The van der Waals surface area contributed by atoms with Crippen LogP contribution in [0.15, 0.2) is 68.5 Å². The molecule has 4 rings (SSSR count). The van der Waals surface area contributed by atoms with Crippen molar-refractivity contribution in [2.24, 2.45) is 4.99 Å². The van der Waals surface area contributed by atoms with Crippen molar-refractivity contribution in [2.75, 3.05) is 7.05 Å². The Balaban J connectivity index is 0.00000256. The summed E-state index contributed by atoms with van der Waals surface area (Å²) in [5.74, 6) is 2.36. The summed E-state index contributed by atoms with van der Waals surface area (Å²) >= 11 is 6.02. The van der Waals surface area contributed by atoms with Gasteiger partial charge in [0.15, 0.2) is 5.96 Å². The highest BCUT2D eigenvalue weighted by molar-refractivity contribution is 14.0. The van der Waals surface area contributed by atoms with Gasteiger partial charge in [-0.3, -0.25) is 4.99 Å². The van der Waals surface area contributed by atoms with Crippen molar-refractivity contribution < 1.29 is 8.94 Å². The van der Waals surface area contributed by atoms with Crippen LogP contribution in [0.25, 0.3) is 22.4 Å². The van der Waals surface area contributed by atoms with E-state index in [2.05, 4.69) is 25.8 Å². The molecule has 0 aliphatic rings. The quantitative estimate of drug-likeness (QED) is 0.207. The summed E-state index contributed by atoms with van der Waals surface area (Å²) in [6.07, 6.45) is 0. The lowest BCUT2D eigenvalue weighted by atomic mass is 10.2. The average molecular weight is 538 g/mol. The van der Waals surface area contributed by atoms with Gasteiger partial charge in [0.25, 0.3) is 0 Å². The van der Waals surface area contributed by atoms with E-state index in [9.17, 15) is 0 Å². The van der Waals surface area contributed by atoms with Gasteiger partial charge < -0.3 is 19.6 Å². The van der Waals surface area contributed by atoms with Crippen molar-refractivity contribution in [1.29, 1.82) is 0 Å². The number of aromatic nitrogens is 2. The highest BCUT2D eigenvalue weighted by atomic mass is 127. The molecule has 1 unspecified atom stereocenters. The van der Waals surface area contributed by atoms with Crippen LogP contribution in [0.4, 0.5) is 0 Å². The first kappa shape index (κ1) is 22.1. The molecule has 30 heavy (non-hydrogen) atoms. The number of guanidine groups is 1. The average Bonchev–Trinajstić information content (AvgIpc) is 3.38. The number of nitrogens with one attached hydrogen (secondary N) is 2. The first-order chi connectivity index (χ1) is 14.1. The number of hydrogen-bond donors (Lipinski definition) is 2. The fourth-order valence-electron chi connectivity index (χ4n) is 2.92. The number of aliphatic imine (C=N–C) groups is 1. The molecule has 0 saturated heterocycles.